The minimum atomic E-state index is -0.0388. The number of hydrogen-bond acceptors (Lipinski definition) is 2. The lowest BCUT2D eigenvalue weighted by atomic mass is 9.54. The van der Waals surface area contributed by atoms with Crippen LogP contribution >= 0.6 is 11.6 Å². The van der Waals surface area contributed by atoms with Crippen molar-refractivity contribution in [2.45, 2.75) is 45.1 Å². The molecule has 0 radical (unpaired) electrons. The highest BCUT2D eigenvalue weighted by molar-refractivity contribution is 6.33. The fraction of sp³-hybridized carbons (Fsp3) is 0.750. The molecule has 1 aromatic rings. The van der Waals surface area contributed by atoms with Crippen LogP contribution in [0.15, 0.2) is 0 Å². The third-order valence-corrected chi connectivity index (χ3v) is 6.34. The van der Waals surface area contributed by atoms with Crippen LogP contribution in [0, 0.1) is 30.6 Å². The molecular formula is C16H22ClN3O. The summed E-state index contributed by atoms with van der Waals surface area (Å²) in [5.41, 5.74) is 1.26. The van der Waals surface area contributed by atoms with Crippen molar-refractivity contribution in [3.05, 3.63) is 16.4 Å². The fourth-order valence-corrected chi connectivity index (χ4v) is 5.53. The molecular weight excluding hydrogens is 286 g/mol. The maximum absolute atomic E-state index is 12.6. The summed E-state index contributed by atoms with van der Waals surface area (Å²) in [6, 6.07) is 0.348. The molecule has 1 amide bonds. The number of carbonyl (C=O) groups excluding carboxylic acids is 1. The topological polar surface area (TPSA) is 46.9 Å². The maximum Gasteiger partial charge on any atom is 0.256 e. The Morgan fingerprint density at radius 1 is 1.19 bits per heavy atom. The van der Waals surface area contributed by atoms with Crippen LogP contribution < -0.4 is 5.32 Å². The number of amides is 1. The molecule has 4 aliphatic rings. The summed E-state index contributed by atoms with van der Waals surface area (Å²) < 4.78 is 1.57. The molecule has 4 aliphatic carbocycles. The van der Waals surface area contributed by atoms with Crippen LogP contribution in [0.4, 0.5) is 0 Å². The van der Waals surface area contributed by atoms with E-state index in [-0.39, 0.29) is 5.91 Å². The Kier molecular flexibility index (Phi) is 3.07. The van der Waals surface area contributed by atoms with E-state index in [2.05, 4.69) is 10.4 Å². The summed E-state index contributed by atoms with van der Waals surface area (Å²) in [5.74, 6) is 3.17. The van der Waals surface area contributed by atoms with Gasteiger partial charge in [-0.2, -0.15) is 5.10 Å². The first kappa shape index (κ1) is 13.6. The van der Waals surface area contributed by atoms with E-state index in [9.17, 15) is 4.79 Å². The van der Waals surface area contributed by atoms with E-state index < -0.39 is 0 Å². The van der Waals surface area contributed by atoms with E-state index >= 15 is 0 Å². The average Bonchev–Trinajstić information content (AvgIpc) is 2.66. The first-order chi connectivity index (χ1) is 10.0. The molecule has 0 saturated heterocycles. The molecule has 0 unspecified atom stereocenters. The number of rotatable bonds is 2. The first-order valence-electron chi connectivity index (χ1n) is 8.03. The highest BCUT2D eigenvalue weighted by Crippen LogP contribution is 2.53. The third-order valence-electron chi connectivity index (χ3n) is 5.90. The van der Waals surface area contributed by atoms with Gasteiger partial charge < -0.3 is 5.32 Å². The highest BCUT2D eigenvalue weighted by Gasteiger charge is 2.48. The summed E-state index contributed by atoms with van der Waals surface area (Å²) in [7, 11) is 1.77. The summed E-state index contributed by atoms with van der Waals surface area (Å²) in [4.78, 5) is 12.6. The van der Waals surface area contributed by atoms with Gasteiger partial charge in [-0.25, -0.2) is 0 Å². The van der Waals surface area contributed by atoms with Gasteiger partial charge in [0.15, 0.2) is 0 Å². The Balaban J connectivity index is 1.55. The van der Waals surface area contributed by atoms with Crippen molar-refractivity contribution in [2.75, 3.05) is 0 Å². The molecule has 0 aromatic carbocycles. The lowest BCUT2D eigenvalue weighted by Crippen LogP contribution is -2.55. The minimum Gasteiger partial charge on any atom is -0.349 e. The summed E-state index contributed by atoms with van der Waals surface area (Å²) >= 11 is 6.22. The van der Waals surface area contributed by atoms with Crippen LogP contribution in [-0.4, -0.2) is 21.7 Å². The van der Waals surface area contributed by atoms with Crippen molar-refractivity contribution in [3.63, 3.8) is 0 Å². The van der Waals surface area contributed by atoms with Gasteiger partial charge in [-0.3, -0.25) is 9.48 Å². The largest absolute Gasteiger partial charge is 0.349 e. The molecule has 1 aromatic heterocycles. The number of nitrogens with zero attached hydrogens (tertiary/aromatic N) is 2. The lowest BCUT2D eigenvalue weighted by molar-refractivity contribution is -0.0119. The molecule has 4 nitrogen and oxygen atoms in total. The van der Waals surface area contributed by atoms with E-state index in [1.165, 1.54) is 32.1 Å². The van der Waals surface area contributed by atoms with Gasteiger partial charge in [0, 0.05) is 13.1 Å². The number of halogens is 1. The second-order valence-electron chi connectivity index (χ2n) is 7.30. The number of aryl methyl sites for hydroxylation is 2. The maximum atomic E-state index is 12.6. The molecule has 1 N–H and O–H groups in total. The number of hydrogen-bond donors (Lipinski definition) is 1. The molecule has 21 heavy (non-hydrogen) atoms. The van der Waals surface area contributed by atoms with Crippen molar-refractivity contribution in [1.82, 2.24) is 15.1 Å². The van der Waals surface area contributed by atoms with Crippen molar-refractivity contribution >= 4 is 17.5 Å². The van der Waals surface area contributed by atoms with Gasteiger partial charge in [-0.05, 0) is 62.7 Å². The summed E-state index contributed by atoms with van der Waals surface area (Å²) in [5, 5.41) is 7.98. The Labute approximate surface area is 130 Å². The normalized spacial score (nSPS) is 37.0. The van der Waals surface area contributed by atoms with Crippen LogP contribution in [0.25, 0.3) is 0 Å². The average molecular weight is 308 g/mol. The van der Waals surface area contributed by atoms with Crippen LogP contribution in [0.5, 0.6) is 0 Å². The van der Waals surface area contributed by atoms with Crippen LogP contribution in [-0.2, 0) is 7.05 Å². The van der Waals surface area contributed by atoms with Crippen molar-refractivity contribution < 1.29 is 4.79 Å². The molecule has 4 saturated carbocycles. The molecule has 0 atom stereocenters. The van der Waals surface area contributed by atoms with E-state index in [0.29, 0.717) is 34.3 Å². The first-order valence-corrected chi connectivity index (χ1v) is 8.40. The zero-order valence-electron chi connectivity index (χ0n) is 12.6. The van der Waals surface area contributed by atoms with Gasteiger partial charge in [-0.15, -0.1) is 0 Å². The van der Waals surface area contributed by atoms with Gasteiger partial charge in [0.25, 0.3) is 5.91 Å². The highest BCUT2D eigenvalue weighted by atomic mass is 35.5. The smallest absolute Gasteiger partial charge is 0.256 e. The standard InChI is InChI=1S/C16H22ClN3O/c1-8-13(15(17)20(2)19-8)16(21)18-14-11-4-9-3-10(6-11)7-12(14)5-9/h9-12,14H,3-7H2,1-2H3,(H,18,21). The molecule has 5 heteroatoms. The Bertz CT molecular complexity index is 567. The predicted molar refractivity (Wildman–Crippen MR) is 81.3 cm³/mol. The quantitative estimate of drug-likeness (QED) is 0.913. The van der Waals surface area contributed by atoms with E-state index in [1.54, 1.807) is 11.7 Å². The van der Waals surface area contributed by atoms with Gasteiger partial charge in [0.2, 0.25) is 0 Å². The van der Waals surface area contributed by atoms with E-state index in [0.717, 1.165) is 11.8 Å². The number of nitrogens with one attached hydrogen (secondary N) is 1. The predicted octanol–water partition coefficient (Wildman–Crippen LogP) is 2.94. The Morgan fingerprint density at radius 3 is 2.24 bits per heavy atom. The second-order valence-corrected chi connectivity index (χ2v) is 7.66. The molecule has 0 aliphatic heterocycles. The molecule has 1 heterocycles. The van der Waals surface area contributed by atoms with Crippen molar-refractivity contribution in [2.24, 2.45) is 30.7 Å². The van der Waals surface area contributed by atoms with Gasteiger partial charge in [0.1, 0.15) is 5.15 Å². The zero-order valence-corrected chi connectivity index (χ0v) is 13.4. The fourth-order valence-electron chi connectivity index (χ4n) is 5.27. The molecule has 4 bridgehead atoms. The van der Waals surface area contributed by atoms with Gasteiger partial charge in [-0.1, -0.05) is 11.6 Å². The van der Waals surface area contributed by atoms with Crippen LogP contribution in [0.1, 0.15) is 48.2 Å². The van der Waals surface area contributed by atoms with Gasteiger partial charge in [0.05, 0.1) is 11.3 Å². The van der Waals surface area contributed by atoms with Crippen molar-refractivity contribution in [1.29, 1.82) is 0 Å². The van der Waals surface area contributed by atoms with Crippen molar-refractivity contribution in [3.8, 4) is 0 Å². The van der Waals surface area contributed by atoms with Crippen LogP contribution in [0.3, 0.4) is 0 Å². The molecule has 5 rings (SSSR count). The van der Waals surface area contributed by atoms with E-state index in [1.807, 2.05) is 6.92 Å². The Hall–Kier alpha value is -1.03. The van der Waals surface area contributed by atoms with Crippen LogP contribution in [0.2, 0.25) is 5.15 Å². The Morgan fingerprint density at radius 2 is 1.76 bits per heavy atom. The number of carbonyl (C=O) groups is 1. The molecule has 4 fully saturated rings. The zero-order chi connectivity index (χ0) is 14.7. The second kappa shape index (κ2) is 4.73. The number of aromatic nitrogens is 2. The minimum absolute atomic E-state index is 0.0388. The van der Waals surface area contributed by atoms with Gasteiger partial charge >= 0.3 is 0 Å². The summed E-state index contributed by atoms with van der Waals surface area (Å²) in [6.45, 7) is 1.84. The summed E-state index contributed by atoms with van der Waals surface area (Å²) in [6.07, 6.45) is 6.64. The monoisotopic (exact) mass is 307 g/mol. The SMILES string of the molecule is Cc1nn(C)c(Cl)c1C(=O)NC1C2CC3CC(C2)CC1C3. The third kappa shape index (κ3) is 2.10. The lowest BCUT2D eigenvalue weighted by Gasteiger charge is -2.54. The molecule has 0 spiro atoms. The molecule has 114 valence electrons. The van der Waals surface area contributed by atoms with E-state index in [4.69, 9.17) is 11.6 Å².